The predicted molar refractivity (Wildman–Crippen MR) is 106 cm³/mol. The van der Waals surface area contributed by atoms with Gasteiger partial charge in [0.2, 0.25) is 0 Å². The summed E-state index contributed by atoms with van der Waals surface area (Å²) in [4.78, 5) is 9.87. The Morgan fingerprint density at radius 2 is 1.80 bits per heavy atom. The molecule has 140 valence electrons. The number of benzene rings is 1. The van der Waals surface area contributed by atoms with Crippen molar-refractivity contribution in [3.8, 4) is 0 Å². The van der Waals surface area contributed by atoms with Gasteiger partial charge < -0.3 is 14.2 Å². The summed E-state index contributed by atoms with van der Waals surface area (Å²) in [5, 5.41) is 0. The summed E-state index contributed by atoms with van der Waals surface area (Å²) in [7, 11) is 0. The van der Waals surface area contributed by atoms with Gasteiger partial charge in [-0.3, -0.25) is 4.90 Å². The number of para-hydroxylation sites is 2. The Kier molecular flexibility index (Phi) is 8.16. The van der Waals surface area contributed by atoms with Crippen molar-refractivity contribution in [3.05, 3.63) is 30.1 Å². The first-order chi connectivity index (χ1) is 11.8. The highest BCUT2D eigenvalue weighted by molar-refractivity contribution is 5.85. The summed E-state index contributed by atoms with van der Waals surface area (Å²) < 4.78 is 7.87. The van der Waals surface area contributed by atoms with Crippen LogP contribution in [0.25, 0.3) is 11.0 Å². The molecule has 0 amide bonds. The molecule has 3 rings (SSSR count). The van der Waals surface area contributed by atoms with Crippen LogP contribution in [0.1, 0.15) is 19.7 Å². The largest absolute Gasteiger partial charge is 0.379 e. The first kappa shape index (κ1) is 20.2. The van der Waals surface area contributed by atoms with E-state index in [9.17, 15) is 0 Å². The van der Waals surface area contributed by atoms with E-state index in [4.69, 9.17) is 9.72 Å². The normalized spacial score (nSPS) is 15.6. The van der Waals surface area contributed by atoms with Crippen LogP contribution in [0.15, 0.2) is 24.3 Å². The number of halogens is 1. The third-order valence-electron chi connectivity index (χ3n) is 5.02. The number of imidazole rings is 1. The summed E-state index contributed by atoms with van der Waals surface area (Å²) in [6.07, 6.45) is 1.01. The molecule has 1 fully saturated rings. The van der Waals surface area contributed by atoms with Crippen molar-refractivity contribution >= 4 is 23.4 Å². The van der Waals surface area contributed by atoms with Gasteiger partial charge in [-0.15, -0.1) is 12.4 Å². The standard InChI is InChI=1S/C19H30N4O.ClH/c1-3-21(4-2)11-12-23-18-8-6-5-7-17(18)20-19(23)9-10-22-13-15-24-16-14-22;/h5-8H,3-4,9-16H2,1-2H3;1H. The quantitative estimate of drug-likeness (QED) is 0.719. The fourth-order valence-electron chi connectivity index (χ4n) is 3.43. The Morgan fingerprint density at radius 1 is 1.08 bits per heavy atom. The Morgan fingerprint density at radius 3 is 2.52 bits per heavy atom. The van der Waals surface area contributed by atoms with Gasteiger partial charge in [-0.25, -0.2) is 4.98 Å². The van der Waals surface area contributed by atoms with Crippen LogP contribution in [-0.4, -0.2) is 71.8 Å². The molecule has 1 aliphatic rings. The summed E-state index contributed by atoms with van der Waals surface area (Å²) in [6.45, 7) is 13.6. The number of ether oxygens (including phenoxy) is 1. The maximum absolute atomic E-state index is 5.45. The van der Waals surface area contributed by atoms with Gasteiger partial charge in [-0.1, -0.05) is 26.0 Å². The van der Waals surface area contributed by atoms with E-state index in [2.05, 4.69) is 52.5 Å². The second kappa shape index (κ2) is 10.1. The molecule has 0 radical (unpaired) electrons. The lowest BCUT2D eigenvalue weighted by Crippen LogP contribution is -2.37. The fraction of sp³-hybridized carbons (Fsp3) is 0.632. The third-order valence-corrected chi connectivity index (χ3v) is 5.02. The van der Waals surface area contributed by atoms with Gasteiger partial charge >= 0.3 is 0 Å². The van der Waals surface area contributed by atoms with Crippen LogP contribution in [0.4, 0.5) is 0 Å². The molecule has 0 aliphatic carbocycles. The van der Waals surface area contributed by atoms with Gasteiger partial charge in [0.05, 0.1) is 24.2 Å². The van der Waals surface area contributed by atoms with Gasteiger partial charge in [-0.05, 0) is 25.2 Å². The van der Waals surface area contributed by atoms with E-state index in [-0.39, 0.29) is 12.4 Å². The van der Waals surface area contributed by atoms with E-state index in [1.807, 2.05) is 0 Å². The molecule has 0 unspecified atom stereocenters. The Bertz CT molecular complexity index is 635. The minimum Gasteiger partial charge on any atom is -0.379 e. The number of fused-ring (bicyclic) bond motifs is 1. The van der Waals surface area contributed by atoms with Crippen LogP contribution < -0.4 is 0 Å². The number of morpholine rings is 1. The molecule has 1 aromatic heterocycles. The predicted octanol–water partition coefficient (Wildman–Crippen LogP) is 2.67. The first-order valence-electron chi connectivity index (χ1n) is 9.28. The molecular formula is C19H31ClN4O. The highest BCUT2D eigenvalue weighted by Gasteiger charge is 2.14. The van der Waals surface area contributed by atoms with Crippen molar-refractivity contribution in [1.82, 2.24) is 19.4 Å². The van der Waals surface area contributed by atoms with Crippen molar-refractivity contribution < 1.29 is 4.74 Å². The molecule has 1 aromatic carbocycles. The topological polar surface area (TPSA) is 33.5 Å². The molecule has 2 aromatic rings. The maximum Gasteiger partial charge on any atom is 0.111 e. The van der Waals surface area contributed by atoms with Gasteiger partial charge in [0.25, 0.3) is 0 Å². The molecule has 6 heteroatoms. The fourth-order valence-corrected chi connectivity index (χ4v) is 3.43. The summed E-state index contributed by atoms with van der Waals surface area (Å²) in [5.41, 5.74) is 2.38. The number of aromatic nitrogens is 2. The second-order valence-electron chi connectivity index (χ2n) is 6.40. The zero-order valence-corrected chi connectivity index (χ0v) is 16.3. The van der Waals surface area contributed by atoms with E-state index in [1.165, 1.54) is 11.3 Å². The number of rotatable bonds is 8. The van der Waals surface area contributed by atoms with Crippen molar-refractivity contribution in [2.45, 2.75) is 26.8 Å². The number of likely N-dealkylation sites (N-methyl/N-ethyl adjacent to an activating group) is 1. The van der Waals surface area contributed by atoms with Crippen LogP contribution in [0.3, 0.4) is 0 Å². The molecule has 0 spiro atoms. The van der Waals surface area contributed by atoms with Crippen LogP contribution in [0.5, 0.6) is 0 Å². The van der Waals surface area contributed by atoms with Crippen molar-refractivity contribution in [2.75, 3.05) is 52.5 Å². The van der Waals surface area contributed by atoms with Crippen LogP contribution in [0, 0.1) is 0 Å². The van der Waals surface area contributed by atoms with Crippen molar-refractivity contribution in [1.29, 1.82) is 0 Å². The molecule has 0 bridgehead atoms. The minimum absolute atomic E-state index is 0. The molecular weight excluding hydrogens is 336 g/mol. The SMILES string of the molecule is CCN(CC)CCn1c(CCN2CCOCC2)nc2ccccc21.Cl. The number of hydrogen-bond donors (Lipinski definition) is 0. The van der Waals surface area contributed by atoms with E-state index >= 15 is 0 Å². The molecule has 1 aliphatic heterocycles. The lowest BCUT2D eigenvalue weighted by Gasteiger charge is -2.26. The Labute approximate surface area is 157 Å². The molecule has 0 N–H and O–H groups in total. The Balaban J connectivity index is 0.00000225. The highest BCUT2D eigenvalue weighted by atomic mass is 35.5. The third kappa shape index (κ3) is 5.17. The second-order valence-corrected chi connectivity index (χ2v) is 6.40. The monoisotopic (exact) mass is 366 g/mol. The van der Waals surface area contributed by atoms with Gasteiger partial charge in [-0.2, -0.15) is 0 Å². The number of nitrogens with zero attached hydrogens (tertiary/aromatic N) is 4. The lowest BCUT2D eigenvalue weighted by atomic mass is 10.3. The molecule has 25 heavy (non-hydrogen) atoms. The molecule has 5 nitrogen and oxygen atoms in total. The smallest absolute Gasteiger partial charge is 0.111 e. The average molecular weight is 367 g/mol. The van der Waals surface area contributed by atoms with E-state index in [0.717, 1.165) is 71.0 Å². The van der Waals surface area contributed by atoms with Crippen LogP contribution >= 0.6 is 12.4 Å². The van der Waals surface area contributed by atoms with E-state index in [1.54, 1.807) is 0 Å². The van der Waals surface area contributed by atoms with Crippen molar-refractivity contribution in [3.63, 3.8) is 0 Å². The molecule has 0 saturated carbocycles. The number of hydrogen-bond acceptors (Lipinski definition) is 4. The lowest BCUT2D eigenvalue weighted by molar-refractivity contribution is 0.0381. The summed E-state index contributed by atoms with van der Waals surface area (Å²) >= 11 is 0. The van der Waals surface area contributed by atoms with E-state index in [0.29, 0.717) is 0 Å². The molecule has 1 saturated heterocycles. The van der Waals surface area contributed by atoms with Crippen LogP contribution in [-0.2, 0) is 17.7 Å². The van der Waals surface area contributed by atoms with Gasteiger partial charge in [0.1, 0.15) is 5.82 Å². The molecule has 2 heterocycles. The first-order valence-corrected chi connectivity index (χ1v) is 9.28. The van der Waals surface area contributed by atoms with E-state index < -0.39 is 0 Å². The minimum atomic E-state index is 0. The van der Waals surface area contributed by atoms with Crippen molar-refractivity contribution in [2.24, 2.45) is 0 Å². The summed E-state index contributed by atoms with van der Waals surface area (Å²) in [5.74, 6) is 1.22. The van der Waals surface area contributed by atoms with Gasteiger partial charge in [0.15, 0.2) is 0 Å². The average Bonchev–Trinajstić information content (AvgIpc) is 2.99. The zero-order chi connectivity index (χ0) is 16.8. The van der Waals surface area contributed by atoms with Gasteiger partial charge in [0, 0.05) is 39.1 Å². The zero-order valence-electron chi connectivity index (χ0n) is 15.5. The maximum atomic E-state index is 5.45. The Hall–Kier alpha value is -1.14. The summed E-state index contributed by atoms with van der Waals surface area (Å²) in [6, 6.07) is 8.52. The molecule has 0 atom stereocenters. The van der Waals surface area contributed by atoms with Crippen LogP contribution in [0.2, 0.25) is 0 Å². The highest BCUT2D eigenvalue weighted by Crippen LogP contribution is 2.17.